The van der Waals surface area contributed by atoms with E-state index in [1.165, 1.54) is 0 Å². The van der Waals surface area contributed by atoms with Gasteiger partial charge in [0.2, 0.25) is 0 Å². The SMILES string of the molecule is COc1cccc(CN2CCC(CC(=O)O)C2)c1OC. The van der Waals surface area contributed by atoms with Crippen LogP contribution in [0.4, 0.5) is 0 Å². The summed E-state index contributed by atoms with van der Waals surface area (Å²) in [5.74, 6) is 1.03. The molecule has 1 unspecified atom stereocenters. The van der Waals surface area contributed by atoms with Crippen LogP contribution in [0.15, 0.2) is 18.2 Å². The van der Waals surface area contributed by atoms with Gasteiger partial charge in [-0.1, -0.05) is 12.1 Å². The number of nitrogens with zero attached hydrogens (tertiary/aromatic N) is 1. The molecule has 0 bridgehead atoms. The summed E-state index contributed by atoms with van der Waals surface area (Å²) in [6, 6.07) is 5.84. The van der Waals surface area contributed by atoms with Crippen LogP contribution in [0.2, 0.25) is 0 Å². The van der Waals surface area contributed by atoms with E-state index >= 15 is 0 Å². The number of likely N-dealkylation sites (tertiary alicyclic amines) is 1. The zero-order valence-corrected chi connectivity index (χ0v) is 12.0. The second-order valence-corrected chi connectivity index (χ2v) is 5.14. The summed E-state index contributed by atoms with van der Waals surface area (Å²) in [5.41, 5.74) is 1.07. The largest absolute Gasteiger partial charge is 0.493 e. The van der Waals surface area contributed by atoms with Crippen molar-refractivity contribution >= 4 is 5.97 Å². The van der Waals surface area contributed by atoms with Crippen molar-refractivity contribution in [2.24, 2.45) is 5.92 Å². The molecule has 2 rings (SSSR count). The molecule has 5 nitrogen and oxygen atoms in total. The van der Waals surface area contributed by atoms with Crippen molar-refractivity contribution in [3.05, 3.63) is 23.8 Å². The molecule has 0 amide bonds. The molecule has 1 N–H and O–H groups in total. The van der Waals surface area contributed by atoms with E-state index in [9.17, 15) is 4.79 Å². The van der Waals surface area contributed by atoms with Crippen LogP contribution in [0.1, 0.15) is 18.4 Å². The molecule has 1 saturated heterocycles. The summed E-state index contributed by atoms with van der Waals surface area (Å²) in [6.45, 7) is 2.52. The Morgan fingerprint density at radius 2 is 2.20 bits per heavy atom. The van der Waals surface area contributed by atoms with Gasteiger partial charge in [0, 0.05) is 25.1 Å². The fraction of sp³-hybridized carbons (Fsp3) is 0.533. The van der Waals surface area contributed by atoms with Crippen molar-refractivity contribution < 1.29 is 19.4 Å². The third-order valence-electron chi connectivity index (χ3n) is 3.71. The topological polar surface area (TPSA) is 59.0 Å². The molecule has 1 aliphatic heterocycles. The van der Waals surface area contributed by atoms with E-state index in [4.69, 9.17) is 14.6 Å². The van der Waals surface area contributed by atoms with Crippen molar-refractivity contribution in [1.82, 2.24) is 4.90 Å². The summed E-state index contributed by atoms with van der Waals surface area (Å²) in [6.07, 6.45) is 1.20. The molecule has 1 aliphatic rings. The first-order valence-corrected chi connectivity index (χ1v) is 6.78. The van der Waals surface area contributed by atoms with Gasteiger partial charge in [0.05, 0.1) is 14.2 Å². The number of carboxylic acids is 1. The van der Waals surface area contributed by atoms with Crippen molar-refractivity contribution in [3.8, 4) is 11.5 Å². The van der Waals surface area contributed by atoms with Crippen LogP contribution < -0.4 is 9.47 Å². The van der Waals surface area contributed by atoms with Gasteiger partial charge in [0.15, 0.2) is 11.5 Å². The lowest BCUT2D eigenvalue weighted by molar-refractivity contribution is -0.138. The van der Waals surface area contributed by atoms with Gasteiger partial charge in [-0.05, 0) is 24.9 Å². The normalized spacial score (nSPS) is 19.0. The quantitative estimate of drug-likeness (QED) is 0.863. The van der Waals surface area contributed by atoms with E-state index in [2.05, 4.69) is 4.90 Å². The molecule has 0 spiro atoms. The minimum atomic E-state index is -0.712. The highest BCUT2D eigenvalue weighted by Crippen LogP contribution is 2.32. The number of hydrogen-bond donors (Lipinski definition) is 1. The zero-order chi connectivity index (χ0) is 14.5. The van der Waals surface area contributed by atoms with Crippen LogP contribution in [-0.4, -0.2) is 43.3 Å². The summed E-state index contributed by atoms with van der Waals surface area (Å²) in [4.78, 5) is 13.0. The Kier molecular flexibility index (Phi) is 4.84. The predicted molar refractivity (Wildman–Crippen MR) is 75.2 cm³/mol. The van der Waals surface area contributed by atoms with Crippen LogP contribution in [0.3, 0.4) is 0 Å². The second kappa shape index (κ2) is 6.61. The molecule has 0 saturated carbocycles. The van der Waals surface area contributed by atoms with Crippen LogP contribution in [0.5, 0.6) is 11.5 Å². The number of carbonyl (C=O) groups is 1. The van der Waals surface area contributed by atoms with Gasteiger partial charge in [0.1, 0.15) is 0 Å². The number of para-hydroxylation sites is 1. The molecular formula is C15H21NO4. The standard InChI is InChI=1S/C15H21NO4/c1-19-13-5-3-4-12(15(13)20-2)10-16-7-6-11(9-16)8-14(17)18/h3-5,11H,6-10H2,1-2H3,(H,17,18). The Labute approximate surface area is 119 Å². The van der Waals surface area contributed by atoms with E-state index in [0.29, 0.717) is 0 Å². The maximum absolute atomic E-state index is 10.7. The molecular weight excluding hydrogens is 258 g/mol. The van der Waals surface area contributed by atoms with Gasteiger partial charge in [0.25, 0.3) is 0 Å². The van der Waals surface area contributed by atoms with Crippen LogP contribution in [0.25, 0.3) is 0 Å². The molecule has 0 aliphatic carbocycles. The van der Waals surface area contributed by atoms with E-state index in [1.807, 2.05) is 18.2 Å². The van der Waals surface area contributed by atoms with Crippen molar-refractivity contribution in [1.29, 1.82) is 0 Å². The Morgan fingerprint density at radius 3 is 2.85 bits per heavy atom. The Balaban J connectivity index is 2.02. The predicted octanol–water partition coefficient (Wildman–Crippen LogP) is 2.00. The molecule has 1 aromatic carbocycles. The number of ether oxygens (including phenoxy) is 2. The summed E-state index contributed by atoms with van der Waals surface area (Å²) in [5, 5.41) is 8.85. The molecule has 5 heteroatoms. The third-order valence-corrected chi connectivity index (χ3v) is 3.71. The summed E-state index contributed by atoms with van der Waals surface area (Å²) >= 11 is 0. The maximum Gasteiger partial charge on any atom is 0.303 e. The lowest BCUT2D eigenvalue weighted by atomic mass is 10.1. The number of carboxylic acid groups (broad SMARTS) is 1. The first kappa shape index (κ1) is 14.7. The average Bonchev–Trinajstić information content (AvgIpc) is 2.84. The first-order chi connectivity index (χ1) is 9.63. The van der Waals surface area contributed by atoms with Crippen molar-refractivity contribution in [2.75, 3.05) is 27.3 Å². The number of aliphatic carboxylic acids is 1. The Bertz CT molecular complexity index is 475. The Hall–Kier alpha value is -1.75. The molecule has 1 aromatic rings. The highest BCUT2D eigenvalue weighted by atomic mass is 16.5. The summed E-state index contributed by atoms with van der Waals surface area (Å²) < 4.78 is 10.7. The minimum Gasteiger partial charge on any atom is -0.493 e. The smallest absolute Gasteiger partial charge is 0.303 e. The van der Waals surface area contributed by atoms with Gasteiger partial charge < -0.3 is 14.6 Å². The molecule has 20 heavy (non-hydrogen) atoms. The van der Waals surface area contributed by atoms with E-state index in [0.717, 1.165) is 43.1 Å². The van der Waals surface area contributed by atoms with Crippen molar-refractivity contribution in [2.45, 2.75) is 19.4 Å². The fourth-order valence-corrected chi connectivity index (χ4v) is 2.79. The fourth-order valence-electron chi connectivity index (χ4n) is 2.79. The number of rotatable bonds is 6. The van der Waals surface area contributed by atoms with Crippen LogP contribution >= 0.6 is 0 Å². The van der Waals surface area contributed by atoms with Gasteiger partial charge in [-0.25, -0.2) is 0 Å². The highest BCUT2D eigenvalue weighted by Gasteiger charge is 2.25. The van der Waals surface area contributed by atoms with E-state index in [-0.39, 0.29) is 12.3 Å². The van der Waals surface area contributed by atoms with Gasteiger partial charge in [-0.2, -0.15) is 0 Å². The zero-order valence-electron chi connectivity index (χ0n) is 12.0. The monoisotopic (exact) mass is 279 g/mol. The first-order valence-electron chi connectivity index (χ1n) is 6.78. The molecule has 0 aromatic heterocycles. The second-order valence-electron chi connectivity index (χ2n) is 5.14. The number of hydrogen-bond acceptors (Lipinski definition) is 4. The maximum atomic E-state index is 10.7. The number of methoxy groups -OCH3 is 2. The third kappa shape index (κ3) is 3.42. The molecule has 1 heterocycles. The minimum absolute atomic E-state index is 0.254. The van der Waals surface area contributed by atoms with E-state index in [1.54, 1.807) is 14.2 Å². The van der Waals surface area contributed by atoms with Gasteiger partial charge in [-0.15, -0.1) is 0 Å². The van der Waals surface area contributed by atoms with Gasteiger partial charge >= 0.3 is 5.97 Å². The molecule has 1 fully saturated rings. The van der Waals surface area contributed by atoms with Gasteiger partial charge in [-0.3, -0.25) is 9.69 Å². The average molecular weight is 279 g/mol. The van der Waals surface area contributed by atoms with E-state index < -0.39 is 5.97 Å². The van der Waals surface area contributed by atoms with Crippen LogP contribution in [-0.2, 0) is 11.3 Å². The molecule has 0 radical (unpaired) electrons. The molecule has 1 atom stereocenters. The number of benzene rings is 1. The Morgan fingerprint density at radius 1 is 1.40 bits per heavy atom. The highest BCUT2D eigenvalue weighted by molar-refractivity contribution is 5.67. The van der Waals surface area contributed by atoms with Crippen LogP contribution in [0, 0.1) is 5.92 Å². The lowest BCUT2D eigenvalue weighted by Gasteiger charge is -2.19. The van der Waals surface area contributed by atoms with Crippen molar-refractivity contribution in [3.63, 3.8) is 0 Å². The lowest BCUT2D eigenvalue weighted by Crippen LogP contribution is -2.21. The summed E-state index contributed by atoms with van der Waals surface area (Å²) in [7, 11) is 3.26. The molecule has 110 valence electrons.